The molecule has 0 aromatic carbocycles. The monoisotopic (exact) mass is 251 g/mol. The number of nitrogens with two attached hydrogens (primary N) is 1. The Hall–Kier alpha value is -1.73. The van der Waals surface area contributed by atoms with Gasteiger partial charge in [0.15, 0.2) is 0 Å². The van der Waals surface area contributed by atoms with E-state index in [1.807, 2.05) is 0 Å². The number of carbonyl (C=O) groups is 1. The van der Waals surface area contributed by atoms with Gasteiger partial charge >= 0.3 is 0 Å². The average Bonchev–Trinajstić information content (AvgIpc) is 2.99. The maximum absolute atomic E-state index is 11.7. The molecule has 0 bridgehead atoms. The van der Waals surface area contributed by atoms with Crippen LogP contribution in [0, 0.1) is 0 Å². The molecule has 1 amide bonds. The zero-order valence-corrected chi connectivity index (χ0v) is 9.96. The molecule has 0 aliphatic rings. The molecule has 6 nitrogen and oxygen atoms in total. The van der Waals surface area contributed by atoms with Crippen molar-refractivity contribution in [2.24, 2.45) is 5.73 Å². The molecule has 0 fully saturated rings. The SMILES string of the molecule is NCc1nc(C(=O)NCCc2cnc[nH]2)cs1. The van der Waals surface area contributed by atoms with E-state index < -0.39 is 0 Å². The molecule has 0 spiro atoms. The van der Waals surface area contributed by atoms with Crippen molar-refractivity contribution >= 4 is 17.2 Å². The second kappa shape index (κ2) is 5.55. The highest BCUT2D eigenvalue weighted by molar-refractivity contribution is 7.09. The van der Waals surface area contributed by atoms with Crippen molar-refractivity contribution in [2.45, 2.75) is 13.0 Å². The minimum absolute atomic E-state index is 0.166. The minimum atomic E-state index is -0.166. The molecule has 0 atom stereocenters. The van der Waals surface area contributed by atoms with Crippen LogP contribution in [0.15, 0.2) is 17.9 Å². The predicted octanol–water partition coefficient (Wildman–Crippen LogP) is 0.297. The highest BCUT2D eigenvalue weighted by atomic mass is 32.1. The lowest BCUT2D eigenvalue weighted by Gasteiger charge is -2.01. The first-order valence-corrected chi connectivity index (χ1v) is 6.07. The fourth-order valence-electron chi connectivity index (χ4n) is 1.33. The van der Waals surface area contributed by atoms with Crippen molar-refractivity contribution in [2.75, 3.05) is 6.54 Å². The summed E-state index contributed by atoms with van der Waals surface area (Å²) in [6, 6.07) is 0. The van der Waals surface area contributed by atoms with E-state index in [-0.39, 0.29) is 5.91 Å². The van der Waals surface area contributed by atoms with Crippen LogP contribution in [0.4, 0.5) is 0 Å². The van der Waals surface area contributed by atoms with E-state index in [0.717, 1.165) is 17.1 Å². The number of thiazole rings is 1. The van der Waals surface area contributed by atoms with E-state index in [4.69, 9.17) is 5.73 Å². The second-order valence-corrected chi connectivity index (χ2v) is 4.36. The number of nitrogens with one attached hydrogen (secondary N) is 2. The molecule has 17 heavy (non-hydrogen) atoms. The Balaban J connectivity index is 1.81. The average molecular weight is 251 g/mol. The number of amides is 1. The summed E-state index contributed by atoms with van der Waals surface area (Å²) in [7, 11) is 0. The van der Waals surface area contributed by atoms with Crippen LogP contribution >= 0.6 is 11.3 Å². The van der Waals surface area contributed by atoms with Gasteiger partial charge in [0, 0.05) is 36.8 Å². The van der Waals surface area contributed by atoms with Crippen molar-refractivity contribution in [3.05, 3.63) is 34.3 Å². The van der Waals surface area contributed by atoms with Gasteiger partial charge in [-0.25, -0.2) is 9.97 Å². The summed E-state index contributed by atoms with van der Waals surface area (Å²) >= 11 is 1.40. The first kappa shape index (κ1) is 11.7. The number of hydrogen-bond donors (Lipinski definition) is 3. The maximum atomic E-state index is 11.7. The van der Waals surface area contributed by atoms with Gasteiger partial charge in [-0.05, 0) is 0 Å². The van der Waals surface area contributed by atoms with Gasteiger partial charge < -0.3 is 16.0 Å². The Bertz CT molecular complexity index is 479. The maximum Gasteiger partial charge on any atom is 0.270 e. The Morgan fingerprint density at radius 1 is 1.59 bits per heavy atom. The van der Waals surface area contributed by atoms with Crippen LogP contribution in [0.1, 0.15) is 21.2 Å². The zero-order chi connectivity index (χ0) is 12.1. The molecule has 2 rings (SSSR count). The molecule has 2 aromatic heterocycles. The number of carbonyl (C=O) groups excluding carboxylic acids is 1. The Morgan fingerprint density at radius 3 is 3.12 bits per heavy atom. The van der Waals surface area contributed by atoms with Gasteiger partial charge in [-0.1, -0.05) is 0 Å². The molecule has 0 radical (unpaired) electrons. The van der Waals surface area contributed by atoms with Gasteiger partial charge in [0.1, 0.15) is 10.7 Å². The van der Waals surface area contributed by atoms with Crippen LogP contribution in [0.5, 0.6) is 0 Å². The Morgan fingerprint density at radius 2 is 2.47 bits per heavy atom. The number of nitrogens with zero attached hydrogens (tertiary/aromatic N) is 2. The van der Waals surface area contributed by atoms with Gasteiger partial charge in [0.05, 0.1) is 6.33 Å². The molecule has 2 aromatic rings. The van der Waals surface area contributed by atoms with Gasteiger partial charge in [0.25, 0.3) is 5.91 Å². The van der Waals surface area contributed by atoms with Crippen molar-refractivity contribution in [3.63, 3.8) is 0 Å². The fraction of sp³-hybridized carbons (Fsp3) is 0.300. The summed E-state index contributed by atoms with van der Waals surface area (Å²) in [5.74, 6) is -0.166. The Kier molecular flexibility index (Phi) is 3.84. The fourth-order valence-corrected chi connectivity index (χ4v) is 1.99. The number of hydrogen-bond acceptors (Lipinski definition) is 5. The summed E-state index contributed by atoms with van der Waals surface area (Å²) in [4.78, 5) is 22.6. The number of imidazole rings is 1. The van der Waals surface area contributed by atoms with E-state index in [9.17, 15) is 4.79 Å². The van der Waals surface area contributed by atoms with Gasteiger partial charge in [-0.15, -0.1) is 11.3 Å². The van der Waals surface area contributed by atoms with E-state index in [2.05, 4.69) is 20.3 Å². The lowest BCUT2D eigenvalue weighted by atomic mass is 10.3. The van der Waals surface area contributed by atoms with Crippen LogP contribution in [0.2, 0.25) is 0 Å². The number of aromatic nitrogens is 3. The highest BCUT2D eigenvalue weighted by Crippen LogP contribution is 2.08. The van der Waals surface area contributed by atoms with Gasteiger partial charge in [-0.2, -0.15) is 0 Å². The summed E-state index contributed by atoms with van der Waals surface area (Å²) in [6.45, 7) is 0.919. The third-order valence-electron chi connectivity index (χ3n) is 2.19. The second-order valence-electron chi connectivity index (χ2n) is 3.41. The molecular formula is C10H13N5OS. The van der Waals surface area contributed by atoms with Crippen molar-refractivity contribution in [3.8, 4) is 0 Å². The number of aromatic amines is 1. The quantitative estimate of drug-likeness (QED) is 0.712. The van der Waals surface area contributed by atoms with Gasteiger partial charge in [0.2, 0.25) is 0 Å². The minimum Gasteiger partial charge on any atom is -0.350 e. The Labute approximate surface area is 102 Å². The van der Waals surface area contributed by atoms with E-state index in [0.29, 0.717) is 18.8 Å². The van der Waals surface area contributed by atoms with Crippen LogP contribution in [0.25, 0.3) is 0 Å². The molecule has 4 N–H and O–H groups in total. The summed E-state index contributed by atoms with van der Waals surface area (Å²) in [5, 5.41) is 5.27. The zero-order valence-electron chi connectivity index (χ0n) is 9.14. The molecule has 7 heteroatoms. The summed E-state index contributed by atoms with van der Waals surface area (Å²) < 4.78 is 0. The molecule has 2 heterocycles. The number of H-pyrrole nitrogens is 1. The van der Waals surface area contributed by atoms with Crippen LogP contribution in [-0.4, -0.2) is 27.4 Å². The van der Waals surface area contributed by atoms with Gasteiger partial charge in [-0.3, -0.25) is 4.79 Å². The molecule has 90 valence electrons. The van der Waals surface area contributed by atoms with E-state index in [1.165, 1.54) is 11.3 Å². The van der Waals surface area contributed by atoms with Crippen LogP contribution in [0.3, 0.4) is 0 Å². The molecular weight excluding hydrogens is 238 g/mol. The first-order chi connectivity index (χ1) is 8.29. The topological polar surface area (TPSA) is 96.7 Å². The normalized spacial score (nSPS) is 10.4. The van der Waals surface area contributed by atoms with Crippen molar-refractivity contribution in [1.82, 2.24) is 20.3 Å². The first-order valence-electron chi connectivity index (χ1n) is 5.19. The van der Waals surface area contributed by atoms with E-state index >= 15 is 0 Å². The van der Waals surface area contributed by atoms with Crippen LogP contribution in [-0.2, 0) is 13.0 Å². The lowest BCUT2D eigenvalue weighted by molar-refractivity contribution is 0.0949. The summed E-state index contributed by atoms with van der Waals surface area (Å²) in [5.41, 5.74) is 6.86. The van der Waals surface area contributed by atoms with Crippen molar-refractivity contribution in [1.29, 1.82) is 0 Å². The van der Waals surface area contributed by atoms with Crippen molar-refractivity contribution < 1.29 is 4.79 Å². The number of rotatable bonds is 5. The standard InChI is InChI=1S/C10H13N5OS/c11-3-9-15-8(5-17-9)10(16)13-2-1-7-4-12-6-14-7/h4-6H,1-3,11H2,(H,12,14)(H,13,16). The molecule has 0 aliphatic heterocycles. The lowest BCUT2D eigenvalue weighted by Crippen LogP contribution is -2.26. The third kappa shape index (κ3) is 3.11. The molecule has 0 saturated heterocycles. The highest BCUT2D eigenvalue weighted by Gasteiger charge is 2.09. The van der Waals surface area contributed by atoms with E-state index in [1.54, 1.807) is 17.9 Å². The smallest absolute Gasteiger partial charge is 0.270 e. The molecule has 0 saturated carbocycles. The molecule has 0 aliphatic carbocycles. The predicted molar refractivity (Wildman–Crippen MR) is 64.6 cm³/mol. The molecule has 0 unspecified atom stereocenters. The largest absolute Gasteiger partial charge is 0.350 e. The van der Waals surface area contributed by atoms with Crippen LogP contribution < -0.4 is 11.1 Å². The summed E-state index contributed by atoms with van der Waals surface area (Å²) in [6.07, 6.45) is 4.08. The third-order valence-corrected chi connectivity index (χ3v) is 3.06.